The van der Waals surface area contributed by atoms with E-state index in [4.69, 9.17) is 9.31 Å². The predicted octanol–water partition coefficient (Wildman–Crippen LogP) is 2.06. The van der Waals surface area contributed by atoms with Gasteiger partial charge in [0.1, 0.15) is 0 Å². The minimum absolute atomic E-state index is 0.314. The van der Waals surface area contributed by atoms with Gasteiger partial charge in [0, 0.05) is 12.6 Å². The summed E-state index contributed by atoms with van der Waals surface area (Å²) in [4.78, 5) is 0. The molecule has 0 saturated carbocycles. The predicted molar refractivity (Wildman–Crippen MR) is 66.9 cm³/mol. The molecule has 0 unspecified atom stereocenters. The molecule has 0 amide bonds. The van der Waals surface area contributed by atoms with Crippen molar-refractivity contribution in [3.05, 3.63) is 30.1 Å². The average molecular weight is 221 g/mol. The van der Waals surface area contributed by atoms with E-state index in [1.807, 2.05) is 40.8 Å². The summed E-state index contributed by atoms with van der Waals surface area (Å²) in [6.07, 6.45) is 3.59. The number of rotatable bonds is 3. The molecule has 0 aromatic heterocycles. The average Bonchev–Trinajstić information content (AvgIpc) is 2.37. The van der Waals surface area contributed by atoms with Crippen LogP contribution in [0.1, 0.15) is 27.7 Å². The molecule has 0 spiro atoms. The molecule has 0 bridgehead atoms. The maximum atomic E-state index is 5.89. The van der Waals surface area contributed by atoms with Crippen LogP contribution < -0.4 is 5.32 Å². The van der Waals surface area contributed by atoms with Crippen LogP contribution in [0.5, 0.6) is 0 Å². The molecule has 4 heteroatoms. The molecule has 1 fully saturated rings. The zero-order valence-electron chi connectivity index (χ0n) is 10.8. The molecule has 1 aliphatic heterocycles. The molecule has 16 heavy (non-hydrogen) atoms. The van der Waals surface area contributed by atoms with Gasteiger partial charge in [0.25, 0.3) is 0 Å². The Morgan fingerprint density at radius 2 is 1.75 bits per heavy atom. The molecular formula is C12H20BNO2. The summed E-state index contributed by atoms with van der Waals surface area (Å²) in [6.45, 7) is 11.6. The van der Waals surface area contributed by atoms with E-state index >= 15 is 0 Å². The molecule has 1 rings (SSSR count). The fraction of sp³-hybridized carbons (Fsp3) is 0.583. The van der Waals surface area contributed by atoms with E-state index < -0.39 is 0 Å². The van der Waals surface area contributed by atoms with E-state index in [-0.39, 0.29) is 18.3 Å². The molecule has 0 aliphatic carbocycles. The van der Waals surface area contributed by atoms with Crippen LogP contribution in [0.4, 0.5) is 0 Å². The highest BCUT2D eigenvalue weighted by Gasteiger charge is 2.52. The summed E-state index contributed by atoms with van der Waals surface area (Å²) in [7, 11) is 1.48. The molecule has 1 heterocycles. The Bertz CT molecular complexity index is 325. The van der Waals surface area contributed by atoms with E-state index in [2.05, 4.69) is 17.6 Å². The first kappa shape index (κ1) is 13.1. The minimum Gasteiger partial charge on any atom is -0.398 e. The summed E-state index contributed by atoms with van der Waals surface area (Å²) in [5.74, 6) is 0. The normalized spacial score (nSPS) is 22.8. The van der Waals surface area contributed by atoms with E-state index in [0.29, 0.717) is 0 Å². The minimum atomic E-state index is -0.361. The first-order valence-electron chi connectivity index (χ1n) is 5.43. The summed E-state index contributed by atoms with van der Waals surface area (Å²) in [5.41, 5.74) is 2.94. The van der Waals surface area contributed by atoms with Gasteiger partial charge < -0.3 is 14.6 Å². The maximum Gasteiger partial charge on any atom is 0.511 e. The fourth-order valence-corrected chi connectivity index (χ4v) is 1.40. The van der Waals surface area contributed by atoms with Crippen molar-refractivity contribution in [1.29, 1.82) is 0 Å². The summed E-state index contributed by atoms with van der Waals surface area (Å²) in [6, 6.07) is 0. The van der Waals surface area contributed by atoms with Crippen molar-refractivity contribution in [2.24, 2.45) is 0 Å². The lowest BCUT2D eigenvalue weighted by atomic mass is 9.84. The SMILES string of the molecule is C=C=C/C=C(\NC)B1OC(C)(C)C(C)(C)O1. The lowest BCUT2D eigenvalue weighted by Crippen LogP contribution is -2.41. The zero-order chi connectivity index (χ0) is 12.4. The maximum absolute atomic E-state index is 5.89. The van der Waals surface area contributed by atoms with Gasteiger partial charge in [-0.25, -0.2) is 0 Å². The Balaban J connectivity index is 2.89. The zero-order valence-corrected chi connectivity index (χ0v) is 10.8. The monoisotopic (exact) mass is 221 g/mol. The topological polar surface area (TPSA) is 30.5 Å². The van der Waals surface area contributed by atoms with Crippen LogP contribution in [0.2, 0.25) is 0 Å². The van der Waals surface area contributed by atoms with E-state index in [1.165, 1.54) is 0 Å². The van der Waals surface area contributed by atoms with Crippen LogP contribution in [0.3, 0.4) is 0 Å². The number of hydrogen-bond acceptors (Lipinski definition) is 3. The second-order valence-corrected chi connectivity index (χ2v) is 4.83. The molecule has 0 atom stereocenters. The van der Waals surface area contributed by atoms with E-state index in [1.54, 1.807) is 6.08 Å². The lowest BCUT2D eigenvalue weighted by molar-refractivity contribution is 0.00578. The Morgan fingerprint density at radius 3 is 2.12 bits per heavy atom. The van der Waals surface area contributed by atoms with Crippen molar-refractivity contribution < 1.29 is 9.31 Å². The fourth-order valence-electron chi connectivity index (χ4n) is 1.40. The first-order chi connectivity index (χ1) is 7.34. The third-order valence-electron chi connectivity index (χ3n) is 3.18. The van der Waals surface area contributed by atoms with Crippen molar-refractivity contribution in [2.45, 2.75) is 38.9 Å². The van der Waals surface area contributed by atoms with Crippen LogP contribution in [0.25, 0.3) is 0 Å². The number of allylic oxidation sites excluding steroid dienone is 2. The third kappa shape index (κ3) is 2.41. The summed E-state index contributed by atoms with van der Waals surface area (Å²) < 4.78 is 11.8. The highest BCUT2D eigenvalue weighted by Crippen LogP contribution is 2.37. The second kappa shape index (κ2) is 4.50. The van der Waals surface area contributed by atoms with Gasteiger partial charge in [-0.15, -0.1) is 5.73 Å². The third-order valence-corrected chi connectivity index (χ3v) is 3.18. The quantitative estimate of drug-likeness (QED) is 0.449. The molecular weight excluding hydrogens is 201 g/mol. The van der Waals surface area contributed by atoms with Gasteiger partial charge in [-0.1, -0.05) is 6.58 Å². The van der Waals surface area contributed by atoms with Crippen molar-refractivity contribution in [1.82, 2.24) is 5.32 Å². The molecule has 1 N–H and O–H groups in total. The molecule has 3 nitrogen and oxygen atoms in total. The summed E-state index contributed by atoms with van der Waals surface area (Å²) >= 11 is 0. The van der Waals surface area contributed by atoms with Gasteiger partial charge in [0.05, 0.1) is 11.2 Å². The van der Waals surface area contributed by atoms with Crippen LogP contribution in [0, 0.1) is 0 Å². The first-order valence-corrected chi connectivity index (χ1v) is 5.43. The van der Waals surface area contributed by atoms with Gasteiger partial charge in [-0.3, -0.25) is 0 Å². The van der Waals surface area contributed by atoms with Gasteiger partial charge in [-0.05, 0) is 39.8 Å². The van der Waals surface area contributed by atoms with E-state index in [0.717, 1.165) is 5.60 Å². The highest BCUT2D eigenvalue weighted by atomic mass is 16.7. The number of nitrogens with one attached hydrogen (secondary N) is 1. The second-order valence-electron chi connectivity index (χ2n) is 4.83. The number of hydrogen-bond donors (Lipinski definition) is 1. The van der Waals surface area contributed by atoms with Gasteiger partial charge in [0.15, 0.2) is 0 Å². The van der Waals surface area contributed by atoms with Gasteiger partial charge in [-0.2, -0.15) is 0 Å². The van der Waals surface area contributed by atoms with Crippen LogP contribution >= 0.6 is 0 Å². The van der Waals surface area contributed by atoms with Crippen LogP contribution in [0.15, 0.2) is 30.1 Å². The Morgan fingerprint density at radius 1 is 1.25 bits per heavy atom. The van der Waals surface area contributed by atoms with Crippen molar-refractivity contribution >= 4 is 7.12 Å². The molecule has 1 saturated heterocycles. The Hall–Kier alpha value is -0.955. The standard InChI is InChI=1S/C12H20BNO2/c1-7-8-9-10(14-6)13-15-11(2,3)12(4,5)16-13/h8-9,14H,1H2,2-6H3/b10-9-. The van der Waals surface area contributed by atoms with Gasteiger partial charge >= 0.3 is 7.12 Å². The van der Waals surface area contributed by atoms with Gasteiger partial charge in [0.2, 0.25) is 0 Å². The summed E-state index contributed by atoms with van der Waals surface area (Å²) in [5, 5.41) is 3.07. The largest absolute Gasteiger partial charge is 0.511 e. The van der Waals surface area contributed by atoms with E-state index in [9.17, 15) is 0 Å². The van der Waals surface area contributed by atoms with Crippen molar-refractivity contribution in [2.75, 3.05) is 7.05 Å². The van der Waals surface area contributed by atoms with Crippen LogP contribution in [-0.2, 0) is 9.31 Å². The molecule has 88 valence electrons. The molecule has 0 radical (unpaired) electrons. The molecule has 0 aromatic rings. The smallest absolute Gasteiger partial charge is 0.398 e. The highest BCUT2D eigenvalue weighted by molar-refractivity contribution is 6.54. The van der Waals surface area contributed by atoms with Crippen molar-refractivity contribution in [3.63, 3.8) is 0 Å². The molecule has 0 aromatic carbocycles. The lowest BCUT2D eigenvalue weighted by Gasteiger charge is -2.32. The Labute approximate surface area is 98.3 Å². The Kier molecular flexibility index (Phi) is 3.69. The van der Waals surface area contributed by atoms with Crippen molar-refractivity contribution in [3.8, 4) is 0 Å². The van der Waals surface area contributed by atoms with Crippen LogP contribution in [-0.4, -0.2) is 25.4 Å². The molecule has 1 aliphatic rings.